The molecule has 0 saturated heterocycles. The maximum absolute atomic E-state index is 11.8. The number of carbonyl (C=O) groups excluding carboxylic acids is 1. The van der Waals surface area contributed by atoms with E-state index in [9.17, 15) is 4.79 Å². The second kappa shape index (κ2) is 6.78. The molecule has 1 aromatic heterocycles. The van der Waals surface area contributed by atoms with Gasteiger partial charge in [0.25, 0.3) is 5.91 Å². The summed E-state index contributed by atoms with van der Waals surface area (Å²) in [7, 11) is 1.57. The van der Waals surface area contributed by atoms with Crippen molar-refractivity contribution >= 4 is 34.9 Å². The molecule has 0 saturated carbocycles. The molecule has 6 heteroatoms. The molecule has 1 heterocycles. The van der Waals surface area contributed by atoms with Gasteiger partial charge in [0.1, 0.15) is 11.0 Å². The second-order valence-electron chi connectivity index (χ2n) is 4.56. The third kappa shape index (κ3) is 3.86. The van der Waals surface area contributed by atoms with Gasteiger partial charge in [-0.3, -0.25) is 4.79 Å². The van der Waals surface area contributed by atoms with Crippen molar-refractivity contribution in [3.8, 4) is 0 Å². The smallest absolute Gasteiger partial charge is 0.254 e. The lowest BCUT2D eigenvalue weighted by Crippen LogP contribution is -2.20. The Bertz CT molecular complexity index is 674. The van der Waals surface area contributed by atoms with Crippen LogP contribution in [0.5, 0.6) is 0 Å². The molecule has 2 N–H and O–H groups in total. The van der Waals surface area contributed by atoms with Gasteiger partial charge in [-0.1, -0.05) is 40.9 Å². The summed E-state index contributed by atoms with van der Waals surface area (Å²) in [6.45, 7) is 2.45. The molecule has 0 aliphatic carbocycles. The number of amides is 1. The zero-order valence-corrected chi connectivity index (χ0v) is 13.2. The summed E-state index contributed by atoms with van der Waals surface area (Å²) in [6, 6.07) is 8.99. The largest absolute Gasteiger partial charge is 0.365 e. The molecule has 4 nitrogen and oxygen atoms in total. The van der Waals surface area contributed by atoms with Gasteiger partial charge >= 0.3 is 0 Å². The summed E-state index contributed by atoms with van der Waals surface area (Å²) in [5.41, 5.74) is 2.48. The molecule has 1 aromatic carbocycles. The Morgan fingerprint density at radius 3 is 2.71 bits per heavy atom. The fourth-order valence-electron chi connectivity index (χ4n) is 1.91. The van der Waals surface area contributed by atoms with Crippen molar-refractivity contribution in [1.82, 2.24) is 10.3 Å². The molecular formula is C15H15Cl2N3O. The van der Waals surface area contributed by atoms with Crippen LogP contribution in [0.15, 0.2) is 30.3 Å². The Kier molecular flexibility index (Phi) is 5.04. The maximum Gasteiger partial charge on any atom is 0.254 e. The lowest BCUT2D eigenvalue weighted by Gasteiger charge is -2.12. The van der Waals surface area contributed by atoms with Crippen LogP contribution < -0.4 is 10.6 Å². The van der Waals surface area contributed by atoms with Gasteiger partial charge in [0.05, 0.1) is 5.56 Å². The van der Waals surface area contributed by atoms with E-state index in [2.05, 4.69) is 15.6 Å². The SMILES string of the molecule is CNC(=O)c1ccc(Cl)nc1NCc1cc(C)ccc1Cl. The molecule has 0 bridgehead atoms. The molecule has 0 unspecified atom stereocenters. The first-order valence-corrected chi connectivity index (χ1v) is 7.14. The minimum Gasteiger partial charge on any atom is -0.365 e. The second-order valence-corrected chi connectivity index (χ2v) is 5.35. The Labute approximate surface area is 133 Å². The van der Waals surface area contributed by atoms with Gasteiger partial charge in [0.2, 0.25) is 0 Å². The van der Waals surface area contributed by atoms with Gasteiger partial charge < -0.3 is 10.6 Å². The molecule has 0 atom stereocenters. The standard InChI is InChI=1S/C15H15Cl2N3O/c1-9-3-5-12(16)10(7-9)8-19-14-11(15(21)18-2)4-6-13(17)20-14/h3-7H,8H2,1-2H3,(H,18,21)(H,19,20). The van der Waals surface area contributed by atoms with Crippen molar-refractivity contribution < 1.29 is 4.79 Å². The summed E-state index contributed by atoms with van der Waals surface area (Å²) >= 11 is 12.1. The van der Waals surface area contributed by atoms with Crippen molar-refractivity contribution in [2.75, 3.05) is 12.4 Å². The highest BCUT2D eigenvalue weighted by molar-refractivity contribution is 6.31. The van der Waals surface area contributed by atoms with Crippen LogP contribution in [-0.4, -0.2) is 17.9 Å². The van der Waals surface area contributed by atoms with E-state index in [1.165, 1.54) is 0 Å². The maximum atomic E-state index is 11.8. The third-order valence-corrected chi connectivity index (χ3v) is 3.56. The average Bonchev–Trinajstić information content (AvgIpc) is 2.47. The molecule has 0 radical (unpaired) electrons. The number of aryl methyl sites for hydroxylation is 1. The molecule has 0 fully saturated rings. The van der Waals surface area contributed by atoms with Crippen LogP contribution in [0.2, 0.25) is 10.2 Å². The number of rotatable bonds is 4. The Morgan fingerprint density at radius 1 is 1.24 bits per heavy atom. The van der Waals surface area contributed by atoms with E-state index in [4.69, 9.17) is 23.2 Å². The molecule has 2 rings (SSSR count). The first kappa shape index (κ1) is 15.6. The normalized spacial score (nSPS) is 10.3. The number of anilines is 1. The number of benzene rings is 1. The van der Waals surface area contributed by atoms with E-state index in [0.29, 0.717) is 28.1 Å². The number of hydrogen-bond donors (Lipinski definition) is 2. The summed E-state index contributed by atoms with van der Waals surface area (Å²) in [6.07, 6.45) is 0. The zero-order chi connectivity index (χ0) is 15.4. The summed E-state index contributed by atoms with van der Waals surface area (Å²) in [5, 5.41) is 6.67. The van der Waals surface area contributed by atoms with Crippen LogP contribution in [0.25, 0.3) is 0 Å². The van der Waals surface area contributed by atoms with Gasteiger partial charge in [0, 0.05) is 18.6 Å². The van der Waals surface area contributed by atoms with E-state index in [-0.39, 0.29) is 5.91 Å². The topological polar surface area (TPSA) is 54.0 Å². The first-order chi connectivity index (χ1) is 10.0. The number of pyridine rings is 1. The fraction of sp³-hybridized carbons (Fsp3) is 0.200. The summed E-state index contributed by atoms with van der Waals surface area (Å²) in [5.74, 6) is 0.205. The number of aromatic nitrogens is 1. The zero-order valence-electron chi connectivity index (χ0n) is 11.7. The number of nitrogens with zero attached hydrogens (tertiary/aromatic N) is 1. The molecule has 110 valence electrons. The molecule has 21 heavy (non-hydrogen) atoms. The van der Waals surface area contributed by atoms with Crippen molar-refractivity contribution in [3.63, 3.8) is 0 Å². The van der Waals surface area contributed by atoms with Gasteiger partial charge in [0.15, 0.2) is 0 Å². The van der Waals surface area contributed by atoms with E-state index < -0.39 is 0 Å². The van der Waals surface area contributed by atoms with Crippen molar-refractivity contribution in [3.05, 3.63) is 57.2 Å². The highest BCUT2D eigenvalue weighted by Crippen LogP contribution is 2.21. The van der Waals surface area contributed by atoms with Gasteiger partial charge in [-0.05, 0) is 30.7 Å². The summed E-state index contributed by atoms with van der Waals surface area (Å²) < 4.78 is 0. The summed E-state index contributed by atoms with van der Waals surface area (Å²) in [4.78, 5) is 16.0. The number of halogens is 2. The van der Waals surface area contributed by atoms with Crippen LogP contribution in [-0.2, 0) is 6.54 Å². The monoisotopic (exact) mass is 323 g/mol. The van der Waals surface area contributed by atoms with Gasteiger partial charge in [-0.25, -0.2) is 4.98 Å². The average molecular weight is 324 g/mol. The van der Waals surface area contributed by atoms with Crippen LogP contribution in [0.4, 0.5) is 5.82 Å². The highest BCUT2D eigenvalue weighted by Gasteiger charge is 2.12. The molecule has 0 aliphatic heterocycles. The van der Waals surface area contributed by atoms with Crippen molar-refractivity contribution in [2.45, 2.75) is 13.5 Å². The van der Waals surface area contributed by atoms with E-state index >= 15 is 0 Å². The van der Waals surface area contributed by atoms with Crippen molar-refractivity contribution in [2.24, 2.45) is 0 Å². The Morgan fingerprint density at radius 2 is 2.00 bits per heavy atom. The third-order valence-electron chi connectivity index (χ3n) is 2.98. The number of hydrogen-bond acceptors (Lipinski definition) is 3. The predicted molar refractivity (Wildman–Crippen MR) is 86.2 cm³/mol. The van der Waals surface area contributed by atoms with E-state index in [1.807, 2.05) is 25.1 Å². The van der Waals surface area contributed by atoms with Crippen LogP contribution >= 0.6 is 23.2 Å². The van der Waals surface area contributed by atoms with Crippen LogP contribution in [0, 0.1) is 6.92 Å². The lowest BCUT2D eigenvalue weighted by molar-refractivity contribution is 0.0963. The Hall–Kier alpha value is -1.78. The quantitative estimate of drug-likeness (QED) is 0.844. The molecule has 0 aliphatic rings. The van der Waals surface area contributed by atoms with Gasteiger partial charge in [-0.2, -0.15) is 0 Å². The number of nitrogens with one attached hydrogen (secondary N) is 2. The fourth-order valence-corrected chi connectivity index (χ4v) is 2.24. The Balaban J connectivity index is 2.25. The van der Waals surface area contributed by atoms with E-state index in [0.717, 1.165) is 11.1 Å². The molecule has 2 aromatic rings. The molecular weight excluding hydrogens is 309 g/mol. The minimum atomic E-state index is -0.225. The lowest BCUT2D eigenvalue weighted by atomic mass is 10.1. The van der Waals surface area contributed by atoms with Crippen LogP contribution in [0.3, 0.4) is 0 Å². The van der Waals surface area contributed by atoms with Gasteiger partial charge in [-0.15, -0.1) is 0 Å². The first-order valence-electron chi connectivity index (χ1n) is 6.39. The van der Waals surface area contributed by atoms with Crippen molar-refractivity contribution in [1.29, 1.82) is 0 Å². The molecule has 1 amide bonds. The minimum absolute atomic E-state index is 0.225. The number of carbonyl (C=O) groups is 1. The van der Waals surface area contributed by atoms with E-state index in [1.54, 1.807) is 19.2 Å². The van der Waals surface area contributed by atoms with Crippen LogP contribution in [0.1, 0.15) is 21.5 Å². The molecule has 0 spiro atoms. The highest BCUT2D eigenvalue weighted by atomic mass is 35.5. The predicted octanol–water partition coefficient (Wildman–Crippen LogP) is 3.67.